The van der Waals surface area contributed by atoms with Crippen molar-refractivity contribution >= 4 is 28.7 Å². The van der Waals surface area contributed by atoms with Crippen molar-refractivity contribution in [1.82, 2.24) is 10.2 Å². The van der Waals surface area contributed by atoms with E-state index in [0.717, 1.165) is 37.4 Å². The number of fused-ring (bicyclic) bond motifs is 1. The number of benzene rings is 2. The molecule has 2 aromatic rings. The molecule has 0 aliphatic carbocycles. The lowest BCUT2D eigenvalue weighted by atomic mass is 9.95. The first-order valence-electron chi connectivity index (χ1n) is 11.2. The highest BCUT2D eigenvalue weighted by Gasteiger charge is 2.33. The molecule has 2 heterocycles. The second-order valence-corrected chi connectivity index (χ2v) is 8.63. The summed E-state index contributed by atoms with van der Waals surface area (Å²) < 4.78 is 42.8. The number of hydrogen-bond acceptors (Lipinski definition) is 6. The number of rotatable bonds is 4. The van der Waals surface area contributed by atoms with Gasteiger partial charge in [0.2, 0.25) is 0 Å². The van der Waals surface area contributed by atoms with Crippen molar-refractivity contribution in [3.8, 4) is 5.75 Å². The zero-order chi connectivity index (χ0) is 24.5. The number of alkyl halides is 3. The van der Waals surface area contributed by atoms with Gasteiger partial charge in [-0.25, -0.2) is 5.01 Å². The van der Waals surface area contributed by atoms with Crippen molar-refractivity contribution in [2.24, 2.45) is 11.0 Å². The van der Waals surface area contributed by atoms with Crippen molar-refractivity contribution in [1.29, 1.82) is 0 Å². The van der Waals surface area contributed by atoms with E-state index in [1.165, 1.54) is 24.2 Å². The summed E-state index contributed by atoms with van der Waals surface area (Å²) in [5, 5.41) is 8.75. The van der Waals surface area contributed by atoms with E-state index >= 15 is 0 Å². The molecule has 34 heavy (non-hydrogen) atoms. The van der Waals surface area contributed by atoms with E-state index in [0.29, 0.717) is 23.5 Å². The molecule has 0 aromatic heterocycles. The van der Waals surface area contributed by atoms with Crippen LogP contribution in [0.4, 0.5) is 30.2 Å². The molecule has 1 N–H and O–H groups in total. The van der Waals surface area contributed by atoms with Crippen LogP contribution in [0.1, 0.15) is 12.5 Å². The SMILES string of the molecule is CNC(=O)C1=NN(c2ccc(N3CCN(C)CC3)cc2)c2cc(OC(F)(F)F)ccc2C[C@@H]1C. The summed E-state index contributed by atoms with van der Waals surface area (Å²) in [5.41, 5.74) is 3.22. The zero-order valence-corrected chi connectivity index (χ0v) is 19.4. The van der Waals surface area contributed by atoms with Crippen molar-refractivity contribution in [2.45, 2.75) is 19.7 Å². The molecule has 0 saturated carbocycles. The topological polar surface area (TPSA) is 60.4 Å². The highest BCUT2D eigenvalue weighted by molar-refractivity contribution is 6.39. The van der Waals surface area contributed by atoms with Crippen LogP contribution in [0.5, 0.6) is 5.75 Å². The Labute approximate surface area is 196 Å². The van der Waals surface area contributed by atoms with Crippen LogP contribution in [-0.2, 0) is 11.2 Å². The van der Waals surface area contributed by atoms with Crippen molar-refractivity contribution in [3.05, 3.63) is 48.0 Å². The van der Waals surface area contributed by atoms with Crippen molar-refractivity contribution in [2.75, 3.05) is 50.2 Å². The van der Waals surface area contributed by atoms with E-state index in [1.54, 1.807) is 6.07 Å². The number of hydrazone groups is 1. The molecular weight excluding hydrogens is 447 g/mol. The van der Waals surface area contributed by atoms with Gasteiger partial charge in [0.1, 0.15) is 11.5 Å². The van der Waals surface area contributed by atoms with Crippen LogP contribution in [0, 0.1) is 5.92 Å². The van der Waals surface area contributed by atoms with Gasteiger partial charge in [-0.3, -0.25) is 4.79 Å². The fourth-order valence-electron chi connectivity index (χ4n) is 4.26. The molecule has 7 nitrogen and oxygen atoms in total. The molecule has 1 amide bonds. The average molecular weight is 476 g/mol. The number of hydrogen-bond donors (Lipinski definition) is 1. The number of piperazine rings is 1. The number of likely N-dealkylation sites (N-methyl/N-ethyl adjacent to an activating group) is 1. The maximum atomic E-state index is 12.9. The van der Waals surface area contributed by atoms with E-state index in [2.05, 4.69) is 32.0 Å². The Morgan fingerprint density at radius 2 is 1.71 bits per heavy atom. The number of carbonyl (C=O) groups excluding carboxylic acids is 1. The molecule has 1 atom stereocenters. The second-order valence-electron chi connectivity index (χ2n) is 8.63. The van der Waals surface area contributed by atoms with Crippen LogP contribution in [-0.4, -0.2) is 63.2 Å². The van der Waals surface area contributed by atoms with Crippen LogP contribution in [0.2, 0.25) is 0 Å². The zero-order valence-electron chi connectivity index (χ0n) is 19.4. The summed E-state index contributed by atoms with van der Waals surface area (Å²) in [6.45, 7) is 5.65. The number of nitrogens with one attached hydrogen (secondary N) is 1. The smallest absolute Gasteiger partial charge is 0.406 e. The summed E-state index contributed by atoms with van der Waals surface area (Å²) in [4.78, 5) is 17.1. The summed E-state index contributed by atoms with van der Waals surface area (Å²) >= 11 is 0. The Kier molecular flexibility index (Phi) is 6.70. The Morgan fingerprint density at radius 3 is 2.32 bits per heavy atom. The highest BCUT2D eigenvalue weighted by atomic mass is 19.4. The Bertz CT molecular complexity index is 1060. The van der Waals surface area contributed by atoms with Gasteiger partial charge in [0.25, 0.3) is 5.91 Å². The van der Waals surface area contributed by atoms with Crippen LogP contribution in [0.15, 0.2) is 47.6 Å². The fraction of sp³-hybridized carbons (Fsp3) is 0.417. The minimum atomic E-state index is -4.81. The molecule has 2 aliphatic heterocycles. The normalized spacial score (nSPS) is 19.2. The van der Waals surface area contributed by atoms with Gasteiger partial charge in [0.05, 0.1) is 11.4 Å². The molecular formula is C24H28F3N5O2. The van der Waals surface area contributed by atoms with Gasteiger partial charge in [-0.2, -0.15) is 5.10 Å². The minimum absolute atomic E-state index is 0.234. The standard InChI is InChI=1S/C24H28F3N5O2/c1-16-14-17-4-9-20(34-24(25,26)27)15-21(17)32(29-22(16)23(33)28-2)19-7-5-18(6-8-19)31-12-10-30(3)11-13-31/h4-9,15-16H,10-14H2,1-3H3,(H,28,33)/t16-/m0/s1. The number of anilines is 3. The highest BCUT2D eigenvalue weighted by Crippen LogP contribution is 2.38. The summed E-state index contributed by atoms with van der Waals surface area (Å²) in [5.74, 6) is -0.898. The molecule has 4 rings (SSSR count). The molecule has 0 radical (unpaired) electrons. The van der Waals surface area contributed by atoms with E-state index in [-0.39, 0.29) is 17.6 Å². The van der Waals surface area contributed by atoms with E-state index in [1.807, 2.05) is 31.2 Å². The maximum absolute atomic E-state index is 12.9. The van der Waals surface area contributed by atoms with E-state index in [9.17, 15) is 18.0 Å². The lowest BCUT2D eigenvalue weighted by molar-refractivity contribution is -0.274. The van der Waals surface area contributed by atoms with Gasteiger partial charge in [0, 0.05) is 50.9 Å². The average Bonchev–Trinajstić information content (AvgIpc) is 2.94. The summed E-state index contributed by atoms with van der Waals surface area (Å²) in [6, 6.07) is 11.9. The van der Waals surface area contributed by atoms with E-state index in [4.69, 9.17) is 0 Å². The third-order valence-electron chi connectivity index (χ3n) is 6.14. The van der Waals surface area contributed by atoms with Crippen LogP contribution >= 0.6 is 0 Å². The third kappa shape index (κ3) is 5.27. The van der Waals surface area contributed by atoms with Crippen molar-refractivity contribution in [3.63, 3.8) is 0 Å². The lowest BCUT2D eigenvalue weighted by Gasteiger charge is -2.34. The Balaban J connectivity index is 1.74. The number of ether oxygens (including phenoxy) is 1. The quantitative estimate of drug-likeness (QED) is 0.730. The Morgan fingerprint density at radius 1 is 1.06 bits per heavy atom. The molecule has 2 aromatic carbocycles. The molecule has 10 heteroatoms. The minimum Gasteiger partial charge on any atom is -0.406 e. The largest absolute Gasteiger partial charge is 0.573 e. The van der Waals surface area contributed by atoms with Crippen LogP contribution in [0.25, 0.3) is 0 Å². The van der Waals surface area contributed by atoms with Crippen LogP contribution in [0.3, 0.4) is 0 Å². The molecule has 0 unspecified atom stereocenters. The first-order valence-corrected chi connectivity index (χ1v) is 11.2. The van der Waals surface area contributed by atoms with Gasteiger partial charge in [0.15, 0.2) is 0 Å². The predicted octanol–water partition coefficient (Wildman–Crippen LogP) is 3.77. The van der Waals surface area contributed by atoms with Gasteiger partial charge >= 0.3 is 6.36 Å². The number of amides is 1. The number of nitrogens with zero attached hydrogens (tertiary/aromatic N) is 4. The summed E-state index contributed by atoms with van der Waals surface area (Å²) in [7, 11) is 3.62. The number of halogens is 3. The third-order valence-corrected chi connectivity index (χ3v) is 6.14. The van der Waals surface area contributed by atoms with Crippen LogP contribution < -0.4 is 20.0 Å². The Hall–Kier alpha value is -3.27. The van der Waals surface area contributed by atoms with Gasteiger partial charge < -0.3 is 19.9 Å². The van der Waals surface area contributed by atoms with Gasteiger partial charge in [-0.1, -0.05) is 13.0 Å². The maximum Gasteiger partial charge on any atom is 0.573 e. The summed E-state index contributed by atoms with van der Waals surface area (Å²) in [6.07, 6.45) is -4.36. The van der Waals surface area contributed by atoms with Crippen molar-refractivity contribution < 1.29 is 22.7 Å². The molecule has 182 valence electrons. The monoisotopic (exact) mass is 475 g/mol. The number of carbonyl (C=O) groups is 1. The molecule has 0 spiro atoms. The molecule has 1 fully saturated rings. The predicted molar refractivity (Wildman–Crippen MR) is 126 cm³/mol. The second kappa shape index (κ2) is 9.54. The lowest BCUT2D eigenvalue weighted by Crippen LogP contribution is -2.44. The van der Waals surface area contributed by atoms with Gasteiger partial charge in [-0.05, 0) is 49.4 Å². The fourth-order valence-corrected chi connectivity index (χ4v) is 4.26. The van der Waals surface area contributed by atoms with Gasteiger partial charge in [-0.15, -0.1) is 13.2 Å². The first-order chi connectivity index (χ1) is 16.1. The molecule has 2 aliphatic rings. The molecule has 0 bridgehead atoms. The van der Waals surface area contributed by atoms with E-state index < -0.39 is 6.36 Å². The molecule has 1 saturated heterocycles. The first kappa shape index (κ1) is 23.9.